The molecule has 3 aliphatic heterocycles. The molecule has 2 amide bonds. The topological polar surface area (TPSA) is 170 Å². The molecule has 5 aliphatic rings. The lowest BCUT2D eigenvalue weighted by atomic mass is 9.95. The van der Waals surface area contributed by atoms with E-state index >= 15 is 0 Å². The maximum Gasteiger partial charge on any atom is 0.261 e. The Morgan fingerprint density at radius 1 is 0.571 bits per heavy atom. The first-order valence-corrected chi connectivity index (χ1v) is 28.0. The van der Waals surface area contributed by atoms with Crippen molar-refractivity contribution >= 4 is 78.4 Å². The highest BCUT2D eigenvalue weighted by Gasteiger charge is 2.38. The number of pyridine rings is 2. The summed E-state index contributed by atoms with van der Waals surface area (Å²) in [6.07, 6.45) is 13.5. The number of halogens is 2. The molecule has 2 unspecified atom stereocenters. The Balaban J connectivity index is 0.000000181. The van der Waals surface area contributed by atoms with Crippen molar-refractivity contribution < 1.29 is 26.4 Å². The van der Waals surface area contributed by atoms with Crippen molar-refractivity contribution in [3.8, 4) is 0 Å². The fourth-order valence-electron chi connectivity index (χ4n) is 10.4. The van der Waals surface area contributed by atoms with Gasteiger partial charge in [0, 0.05) is 92.5 Å². The Labute approximate surface area is 420 Å². The number of amides is 2. The summed E-state index contributed by atoms with van der Waals surface area (Å²) in [4.78, 5) is 41.3. The lowest BCUT2D eigenvalue weighted by Gasteiger charge is -2.39. The van der Waals surface area contributed by atoms with E-state index in [2.05, 4.69) is 40.2 Å². The van der Waals surface area contributed by atoms with Crippen LogP contribution in [0.4, 0.5) is 0 Å². The Bertz CT molecular complexity index is 3080. The van der Waals surface area contributed by atoms with Crippen LogP contribution >= 0.6 is 23.2 Å². The third-order valence-electron chi connectivity index (χ3n) is 13.8. The van der Waals surface area contributed by atoms with Crippen LogP contribution in [-0.2, 0) is 20.0 Å². The van der Waals surface area contributed by atoms with Crippen LogP contribution in [0.25, 0.3) is 23.3 Å². The fourth-order valence-corrected chi connectivity index (χ4v) is 12.4. The van der Waals surface area contributed by atoms with Gasteiger partial charge < -0.3 is 5.73 Å². The van der Waals surface area contributed by atoms with E-state index in [9.17, 15) is 26.4 Å². The van der Waals surface area contributed by atoms with Gasteiger partial charge in [-0.2, -0.15) is 8.61 Å². The number of allylic oxidation sites excluding steroid dienone is 2. The fraction of sp³-hybridized carbons (Fsp3) is 0.346. The van der Waals surface area contributed by atoms with Gasteiger partial charge in [-0.05, 0) is 114 Å². The van der Waals surface area contributed by atoms with Crippen molar-refractivity contribution in [2.24, 2.45) is 5.73 Å². The average Bonchev–Trinajstić information content (AvgIpc) is 3.43. The van der Waals surface area contributed by atoms with Crippen LogP contribution in [0.5, 0.6) is 0 Å². The number of carbonyl (C=O) groups is 2. The average molecular weight is 1020 g/mol. The highest BCUT2D eigenvalue weighted by atomic mass is 35.5. The normalized spacial score (nSPS) is 19.9. The summed E-state index contributed by atoms with van der Waals surface area (Å²) in [5, 5.41) is 1.32. The van der Waals surface area contributed by atoms with Crippen molar-refractivity contribution in [2.75, 3.05) is 78.0 Å². The van der Waals surface area contributed by atoms with Gasteiger partial charge in [0.25, 0.3) is 11.8 Å². The molecule has 0 saturated carbocycles. The predicted octanol–water partition coefficient (Wildman–Crippen LogP) is 7.33. The summed E-state index contributed by atoms with van der Waals surface area (Å²) in [6.45, 7) is 5.19. The van der Waals surface area contributed by atoms with Gasteiger partial charge in [0.05, 0.1) is 47.1 Å². The molecular weight excluding hydrogens is 968 g/mol. The molecule has 10 rings (SSSR count). The molecule has 5 aromatic rings. The van der Waals surface area contributed by atoms with Crippen LogP contribution < -0.4 is 5.73 Å². The number of nitrogens with two attached hydrogens (primary N) is 1. The summed E-state index contributed by atoms with van der Waals surface area (Å²) in [6, 6.07) is 26.6. The maximum atomic E-state index is 12.9. The number of aromatic nitrogens is 2. The summed E-state index contributed by atoms with van der Waals surface area (Å²) in [7, 11) is -6.44. The van der Waals surface area contributed by atoms with Crippen LogP contribution in [0.2, 0.25) is 10.0 Å². The van der Waals surface area contributed by atoms with Gasteiger partial charge in [0.2, 0.25) is 20.0 Å². The first kappa shape index (κ1) is 49.8. The molecule has 2 fully saturated rings. The molecule has 70 heavy (non-hydrogen) atoms. The zero-order valence-corrected chi connectivity index (χ0v) is 42.3. The van der Waals surface area contributed by atoms with Gasteiger partial charge in [-0.3, -0.25) is 34.3 Å². The van der Waals surface area contributed by atoms with Gasteiger partial charge in [-0.1, -0.05) is 71.8 Å². The number of imide groups is 1. The van der Waals surface area contributed by atoms with Crippen molar-refractivity contribution in [2.45, 2.75) is 37.8 Å². The Hall–Kier alpha value is -5.14. The predicted molar refractivity (Wildman–Crippen MR) is 276 cm³/mol. The van der Waals surface area contributed by atoms with Crippen LogP contribution in [0.1, 0.15) is 103 Å². The lowest BCUT2D eigenvalue weighted by Crippen LogP contribution is -2.49. The SMILES string of the molecule is CS(=O)(=O)N1CCN(C2c3ccc(Cl)cc3C=C(CCCN)c3cccnc32)CC1.CS(=O)(=O)N1CCN(C2c3ccc(Cl)cc3C=C(CCCN3C(=O)c4ccccc4C3=O)c3cccnc32)CC1. The Kier molecular flexibility index (Phi) is 14.9. The van der Waals surface area contributed by atoms with E-state index in [4.69, 9.17) is 38.9 Å². The van der Waals surface area contributed by atoms with Gasteiger partial charge in [0.15, 0.2) is 0 Å². The lowest BCUT2D eigenvalue weighted by molar-refractivity contribution is 0.0653. The molecule has 0 spiro atoms. The molecule has 366 valence electrons. The summed E-state index contributed by atoms with van der Waals surface area (Å²) in [5.41, 5.74) is 17.3. The highest BCUT2D eigenvalue weighted by Crippen LogP contribution is 2.43. The van der Waals surface area contributed by atoms with Crippen molar-refractivity contribution in [1.29, 1.82) is 0 Å². The molecule has 0 bridgehead atoms. The molecule has 18 heteroatoms. The van der Waals surface area contributed by atoms with Crippen LogP contribution in [0.15, 0.2) is 97.3 Å². The maximum absolute atomic E-state index is 12.9. The smallest absolute Gasteiger partial charge is 0.261 e. The van der Waals surface area contributed by atoms with Gasteiger partial charge in [-0.15, -0.1) is 0 Å². The van der Waals surface area contributed by atoms with E-state index in [0.717, 1.165) is 63.2 Å². The van der Waals surface area contributed by atoms with E-state index in [1.165, 1.54) is 27.3 Å². The number of rotatable bonds is 11. The second kappa shape index (κ2) is 20.9. The van der Waals surface area contributed by atoms with Crippen molar-refractivity contribution in [1.82, 2.24) is 33.3 Å². The second-order valence-electron chi connectivity index (χ2n) is 18.3. The zero-order chi connectivity index (χ0) is 49.3. The van der Waals surface area contributed by atoms with Gasteiger partial charge >= 0.3 is 0 Å². The monoisotopic (exact) mass is 1020 g/mol. The third-order valence-corrected chi connectivity index (χ3v) is 16.9. The number of hydrogen-bond donors (Lipinski definition) is 1. The van der Waals surface area contributed by atoms with Gasteiger partial charge in [-0.25, -0.2) is 16.8 Å². The molecule has 2 atom stereocenters. The summed E-state index contributed by atoms with van der Waals surface area (Å²) in [5.74, 6) is -0.495. The van der Waals surface area contributed by atoms with E-state index in [-0.39, 0.29) is 23.9 Å². The molecule has 14 nitrogen and oxygen atoms in total. The highest BCUT2D eigenvalue weighted by molar-refractivity contribution is 7.88. The molecule has 2 aromatic heterocycles. The van der Waals surface area contributed by atoms with E-state index in [1.807, 2.05) is 48.7 Å². The zero-order valence-electron chi connectivity index (χ0n) is 39.2. The van der Waals surface area contributed by atoms with E-state index in [1.54, 1.807) is 34.8 Å². The molecule has 3 aromatic carbocycles. The summed E-state index contributed by atoms with van der Waals surface area (Å²) >= 11 is 12.8. The standard InChI is InChI=1S/C30H29ClN4O4S.C22H27ClN4O2S/c1-40(38,39)34-16-14-33(15-17-34)28-24-11-10-22(31)19-21(24)18-20(23-9-4-12-32-27(23)28)6-5-13-35-29(36)25-7-2-3-8-26(25)30(35)37;1-30(28,29)27-12-10-26(11-13-27)22-20-7-6-18(23)15-17(20)14-16(4-2-8-24)19-5-3-9-25-21(19)22/h2-4,7-12,18-19,28H,5-6,13-17H2,1H3;3,5-7,9,14-15,22H,2,4,8,10-13,24H2,1H3. The molecule has 2 N–H and O–H groups in total. The minimum atomic E-state index is -3.25. The minimum Gasteiger partial charge on any atom is -0.330 e. The number of piperazine rings is 2. The second-order valence-corrected chi connectivity index (χ2v) is 23.1. The van der Waals surface area contributed by atoms with Crippen molar-refractivity contribution in [3.05, 3.63) is 163 Å². The quantitative estimate of drug-likeness (QED) is 0.132. The number of sulfonamides is 2. The largest absolute Gasteiger partial charge is 0.330 e. The number of hydrogen-bond acceptors (Lipinski definition) is 11. The first-order chi connectivity index (χ1) is 33.6. The Morgan fingerprint density at radius 3 is 1.40 bits per heavy atom. The molecule has 2 saturated heterocycles. The number of fused-ring (bicyclic) bond motifs is 5. The van der Waals surface area contributed by atoms with Crippen LogP contribution in [-0.4, -0.2) is 140 Å². The van der Waals surface area contributed by atoms with Crippen LogP contribution in [0.3, 0.4) is 0 Å². The molecule has 2 aliphatic carbocycles. The van der Waals surface area contributed by atoms with E-state index in [0.29, 0.717) is 99.5 Å². The molecule has 5 heterocycles. The Morgan fingerprint density at radius 2 is 0.986 bits per heavy atom. The summed E-state index contributed by atoms with van der Waals surface area (Å²) < 4.78 is 51.3. The minimum absolute atomic E-state index is 0.0539. The number of nitrogens with zero attached hydrogens (tertiary/aromatic N) is 7. The number of carbonyl (C=O) groups excluding carboxylic acids is 2. The third kappa shape index (κ3) is 10.4. The van der Waals surface area contributed by atoms with Crippen molar-refractivity contribution in [3.63, 3.8) is 0 Å². The van der Waals surface area contributed by atoms with Gasteiger partial charge in [0.1, 0.15) is 0 Å². The molecular formula is C52H56Cl2N8O6S2. The first-order valence-electron chi connectivity index (χ1n) is 23.5. The van der Waals surface area contributed by atoms with Crippen LogP contribution in [0, 0.1) is 0 Å². The van der Waals surface area contributed by atoms with E-state index < -0.39 is 20.0 Å². The number of benzene rings is 3. The molecule has 0 radical (unpaired) electrons.